The van der Waals surface area contributed by atoms with Gasteiger partial charge in [0.2, 0.25) is 0 Å². The third-order valence-corrected chi connectivity index (χ3v) is 4.08. The molecule has 0 spiro atoms. The van der Waals surface area contributed by atoms with Gasteiger partial charge in [-0.15, -0.1) is 0 Å². The molecule has 1 heterocycles. The SMILES string of the molecule is CCCCCN(PC)C1CCOCC1. The molecule has 0 amide bonds. The fourth-order valence-electron chi connectivity index (χ4n) is 2.01. The second-order valence-electron chi connectivity index (χ2n) is 3.97. The van der Waals surface area contributed by atoms with Crippen molar-refractivity contribution in [3.8, 4) is 0 Å². The van der Waals surface area contributed by atoms with E-state index in [2.05, 4.69) is 18.3 Å². The van der Waals surface area contributed by atoms with Crippen LogP contribution in [0.5, 0.6) is 0 Å². The Morgan fingerprint density at radius 1 is 1.29 bits per heavy atom. The van der Waals surface area contributed by atoms with Crippen molar-refractivity contribution in [2.45, 2.75) is 45.1 Å². The number of hydrogen-bond acceptors (Lipinski definition) is 2. The predicted octanol–water partition coefficient (Wildman–Crippen LogP) is 2.88. The number of rotatable bonds is 6. The van der Waals surface area contributed by atoms with Gasteiger partial charge in [0.25, 0.3) is 0 Å². The van der Waals surface area contributed by atoms with Gasteiger partial charge < -0.3 is 4.74 Å². The first-order chi connectivity index (χ1) is 6.88. The van der Waals surface area contributed by atoms with E-state index in [9.17, 15) is 0 Å². The lowest BCUT2D eigenvalue weighted by Crippen LogP contribution is -2.34. The number of hydrogen-bond donors (Lipinski definition) is 0. The van der Waals surface area contributed by atoms with E-state index in [1.807, 2.05) is 0 Å². The smallest absolute Gasteiger partial charge is 0.0481 e. The van der Waals surface area contributed by atoms with Crippen molar-refractivity contribution in [1.82, 2.24) is 4.67 Å². The molecule has 0 N–H and O–H groups in total. The normalized spacial score (nSPS) is 19.9. The van der Waals surface area contributed by atoms with E-state index in [4.69, 9.17) is 4.74 Å². The average Bonchev–Trinajstić information content (AvgIpc) is 2.26. The Bertz CT molecular complexity index is 137. The van der Waals surface area contributed by atoms with Crippen molar-refractivity contribution in [2.24, 2.45) is 0 Å². The van der Waals surface area contributed by atoms with E-state index in [-0.39, 0.29) is 0 Å². The maximum Gasteiger partial charge on any atom is 0.0481 e. The van der Waals surface area contributed by atoms with Crippen LogP contribution >= 0.6 is 8.73 Å². The summed E-state index contributed by atoms with van der Waals surface area (Å²) in [6, 6.07) is 0.809. The second-order valence-corrected chi connectivity index (χ2v) is 4.99. The van der Waals surface area contributed by atoms with E-state index < -0.39 is 0 Å². The third-order valence-electron chi connectivity index (χ3n) is 2.92. The molecule has 1 aliphatic rings. The topological polar surface area (TPSA) is 12.5 Å². The van der Waals surface area contributed by atoms with Crippen molar-refractivity contribution >= 4 is 8.73 Å². The highest BCUT2D eigenvalue weighted by Crippen LogP contribution is 2.24. The number of unbranched alkanes of at least 4 members (excludes halogenated alkanes) is 2. The summed E-state index contributed by atoms with van der Waals surface area (Å²) in [7, 11) is 0.969. The molecule has 3 heteroatoms. The van der Waals surface area contributed by atoms with Gasteiger partial charge in [-0.25, -0.2) is 0 Å². The quantitative estimate of drug-likeness (QED) is 0.501. The van der Waals surface area contributed by atoms with Gasteiger partial charge in [-0.05, 0) is 25.9 Å². The lowest BCUT2D eigenvalue weighted by molar-refractivity contribution is 0.0598. The number of ether oxygens (including phenoxy) is 1. The van der Waals surface area contributed by atoms with Crippen LogP contribution < -0.4 is 0 Å². The van der Waals surface area contributed by atoms with Gasteiger partial charge in [-0.2, -0.15) is 0 Å². The highest BCUT2D eigenvalue weighted by molar-refractivity contribution is 7.34. The van der Waals surface area contributed by atoms with Crippen LogP contribution in [0, 0.1) is 0 Å². The average molecular weight is 217 g/mol. The minimum Gasteiger partial charge on any atom is -0.381 e. The first-order valence-corrected chi connectivity index (χ1v) is 7.35. The Hall–Kier alpha value is 0.350. The third kappa shape index (κ3) is 4.25. The standard InChI is InChI=1S/C11H24NOP/c1-3-4-5-8-12(14-2)11-6-9-13-10-7-11/h11,14H,3-10H2,1-2H3. The maximum atomic E-state index is 5.40. The molecule has 0 bridgehead atoms. The molecular weight excluding hydrogens is 193 g/mol. The van der Waals surface area contributed by atoms with Crippen molar-refractivity contribution in [1.29, 1.82) is 0 Å². The van der Waals surface area contributed by atoms with E-state index in [0.717, 1.165) is 28.0 Å². The summed E-state index contributed by atoms with van der Waals surface area (Å²) in [5.41, 5.74) is 0. The van der Waals surface area contributed by atoms with Gasteiger partial charge in [0.05, 0.1) is 0 Å². The molecule has 14 heavy (non-hydrogen) atoms. The maximum absolute atomic E-state index is 5.40. The zero-order valence-electron chi connectivity index (χ0n) is 9.59. The lowest BCUT2D eigenvalue weighted by Gasteiger charge is -2.33. The van der Waals surface area contributed by atoms with Crippen molar-refractivity contribution in [3.63, 3.8) is 0 Å². The zero-order chi connectivity index (χ0) is 10.2. The molecular formula is C11H24NOP. The molecule has 2 nitrogen and oxygen atoms in total. The lowest BCUT2D eigenvalue weighted by atomic mass is 10.1. The van der Waals surface area contributed by atoms with Gasteiger partial charge in [-0.3, -0.25) is 4.67 Å². The predicted molar refractivity (Wildman–Crippen MR) is 64.3 cm³/mol. The summed E-state index contributed by atoms with van der Waals surface area (Å²) in [5, 5.41) is 0. The van der Waals surface area contributed by atoms with Crippen LogP contribution in [0.3, 0.4) is 0 Å². The van der Waals surface area contributed by atoms with Gasteiger partial charge in [0, 0.05) is 25.8 Å². The molecule has 0 aromatic carbocycles. The first kappa shape index (κ1) is 12.4. The van der Waals surface area contributed by atoms with Crippen LogP contribution in [0.4, 0.5) is 0 Å². The molecule has 0 radical (unpaired) electrons. The second kappa shape index (κ2) is 7.62. The van der Waals surface area contributed by atoms with Crippen LogP contribution in [0.1, 0.15) is 39.0 Å². The van der Waals surface area contributed by atoms with Crippen molar-refractivity contribution in [2.75, 3.05) is 26.4 Å². The Morgan fingerprint density at radius 3 is 2.57 bits per heavy atom. The number of nitrogens with zero attached hydrogens (tertiary/aromatic N) is 1. The highest BCUT2D eigenvalue weighted by atomic mass is 31.1. The zero-order valence-corrected chi connectivity index (χ0v) is 10.6. The summed E-state index contributed by atoms with van der Waals surface area (Å²) in [4.78, 5) is 0. The van der Waals surface area contributed by atoms with Gasteiger partial charge in [0.15, 0.2) is 0 Å². The van der Waals surface area contributed by atoms with Gasteiger partial charge >= 0.3 is 0 Å². The van der Waals surface area contributed by atoms with E-state index in [1.165, 1.54) is 38.6 Å². The fraction of sp³-hybridized carbons (Fsp3) is 1.00. The van der Waals surface area contributed by atoms with E-state index in [0.29, 0.717) is 0 Å². The Balaban J connectivity index is 2.21. The molecule has 1 saturated heterocycles. The summed E-state index contributed by atoms with van der Waals surface area (Å²) in [6.45, 7) is 7.82. The van der Waals surface area contributed by atoms with Crippen molar-refractivity contribution in [3.05, 3.63) is 0 Å². The van der Waals surface area contributed by atoms with Crippen molar-refractivity contribution < 1.29 is 4.74 Å². The molecule has 1 fully saturated rings. The minimum absolute atomic E-state index is 0.809. The summed E-state index contributed by atoms with van der Waals surface area (Å²) in [5.74, 6) is 0. The Kier molecular flexibility index (Phi) is 6.76. The summed E-state index contributed by atoms with van der Waals surface area (Å²) in [6.07, 6.45) is 6.56. The molecule has 84 valence electrons. The van der Waals surface area contributed by atoms with E-state index in [1.54, 1.807) is 0 Å². The Labute approximate surface area is 90.2 Å². The molecule has 0 aliphatic carbocycles. The Morgan fingerprint density at radius 2 is 2.00 bits per heavy atom. The van der Waals surface area contributed by atoms with Crippen LogP contribution in [0.25, 0.3) is 0 Å². The fourth-order valence-corrected chi connectivity index (χ4v) is 3.01. The minimum atomic E-state index is 0.809. The molecule has 1 rings (SSSR count). The monoisotopic (exact) mass is 217 g/mol. The largest absolute Gasteiger partial charge is 0.381 e. The molecule has 0 aromatic rings. The van der Waals surface area contributed by atoms with E-state index >= 15 is 0 Å². The van der Waals surface area contributed by atoms with Crippen LogP contribution in [0.15, 0.2) is 0 Å². The molecule has 1 aliphatic heterocycles. The van der Waals surface area contributed by atoms with Gasteiger partial charge in [0.1, 0.15) is 0 Å². The molecule has 1 atom stereocenters. The first-order valence-electron chi connectivity index (χ1n) is 5.90. The van der Waals surface area contributed by atoms with Crippen LogP contribution in [-0.4, -0.2) is 37.1 Å². The van der Waals surface area contributed by atoms with Crippen LogP contribution in [0.2, 0.25) is 0 Å². The molecule has 0 saturated carbocycles. The molecule has 0 aromatic heterocycles. The van der Waals surface area contributed by atoms with Crippen LogP contribution in [-0.2, 0) is 4.74 Å². The molecule has 1 unspecified atom stereocenters. The highest BCUT2D eigenvalue weighted by Gasteiger charge is 2.19. The summed E-state index contributed by atoms with van der Waals surface area (Å²) >= 11 is 0. The summed E-state index contributed by atoms with van der Waals surface area (Å²) < 4.78 is 8.06. The van der Waals surface area contributed by atoms with Gasteiger partial charge in [-0.1, -0.05) is 28.5 Å².